The summed E-state index contributed by atoms with van der Waals surface area (Å²) >= 11 is 3.34. The van der Waals surface area contributed by atoms with Gasteiger partial charge in [0.05, 0.1) is 12.1 Å². The number of hydrogen-bond acceptors (Lipinski definition) is 3. The zero-order chi connectivity index (χ0) is 14.7. The number of aromatic nitrogens is 1. The molecule has 0 saturated carbocycles. The molecular weight excluding hydrogens is 332 g/mol. The van der Waals surface area contributed by atoms with E-state index in [0.29, 0.717) is 18.7 Å². The molecule has 0 radical (unpaired) electrons. The van der Waals surface area contributed by atoms with Gasteiger partial charge in [0.15, 0.2) is 0 Å². The summed E-state index contributed by atoms with van der Waals surface area (Å²) in [6, 6.07) is 11.5. The van der Waals surface area contributed by atoms with Crippen molar-refractivity contribution < 1.29 is 9.53 Å². The smallest absolute Gasteiger partial charge is 0.255 e. The summed E-state index contributed by atoms with van der Waals surface area (Å²) in [7, 11) is 0. The van der Waals surface area contributed by atoms with Crippen molar-refractivity contribution in [1.82, 2.24) is 9.88 Å². The van der Waals surface area contributed by atoms with E-state index in [1.54, 1.807) is 18.5 Å². The van der Waals surface area contributed by atoms with Gasteiger partial charge in [0.25, 0.3) is 5.91 Å². The van der Waals surface area contributed by atoms with Crippen LogP contribution in [-0.4, -0.2) is 35.0 Å². The third-order valence-corrected chi connectivity index (χ3v) is 3.86. The molecule has 1 aromatic heterocycles. The number of amides is 1. The molecule has 5 heteroatoms. The van der Waals surface area contributed by atoms with E-state index in [2.05, 4.69) is 20.9 Å². The molecule has 0 unspecified atom stereocenters. The predicted octanol–water partition coefficient (Wildman–Crippen LogP) is 3.14. The molecule has 1 aliphatic rings. The number of ether oxygens (including phenoxy) is 1. The lowest BCUT2D eigenvalue weighted by Gasteiger charge is -2.17. The van der Waals surface area contributed by atoms with E-state index in [0.717, 1.165) is 16.6 Å². The molecule has 1 atom stereocenters. The average Bonchev–Trinajstić information content (AvgIpc) is 2.96. The van der Waals surface area contributed by atoms with Crippen molar-refractivity contribution in [3.05, 3.63) is 58.8 Å². The van der Waals surface area contributed by atoms with Gasteiger partial charge in [-0.15, -0.1) is 0 Å². The summed E-state index contributed by atoms with van der Waals surface area (Å²) in [6.07, 6.45) is 4.17. The number of hydrogen-bond donors (Lipinski definition) is 0. The lowest BCUT2D eigenvalue weighted by Crippen LogP contribution is -2.31. The first-order chi connectivity index (χ1) is 10.2. The third kappa shape index (κ3) is 3.42. The van der Waals surface area contributed by atoms with Crippen molar-refractivity contribution >= 4 is 21.8 Å². The fourth-order valence-electron chi connectivity index (χ4n) is 2.41. The number of benzene rings is 1. The molecule has 2 heterocycles. The van der Waals surface area contributed by atoms with Crippen molar-refractivity contribution in [3.63, 3.8) is 0 Å². The first kappa shape index (κ1) is 14.1. The standard InChI is InChI=1S/C16H15BrN2O2/c17-13-8-12(9-18-10-13)16(20)19-7-6-15(11-19)21-14-4-2-1-3-5-14/h1-5,8-10,15H,6-7,11H2/t15-/m0/s1. The van der Waals surface area contributed by atoms with Crippen LogP contribution in [0.25, 0.3) is 0 Å². The number of halogens is 1. The maximum Gasteiger partial charge on any atom is 0.255 e. The molecule has 2 aromatic rings. The van der Waals surface area contributed by atoms with E-state index in [1.807, 2.05) is 35.2 Å². The molecule has 4 nitrogen and oxygen atoms in total. The van der Waals surface area contributed by atoms with Crippen LogP contribution >= 0.6 is 15.9 Å². The Morgan fingerprint density at radius 1 is 1.29 bits per heavy atom. The Hall–Kier alpha value is -1.88. The van der Waals surface area contributed by atoms with Gasteiger partial charge in [0, 0.05) is 29.8 Å². The van der Waals surface area contributed by atoms with E-state index in [4.69, 9.17) is 4.74 Å². The molecule has 0 aliphatic carbocycles. The fraction of sp³-hybridized carbons (Fsp3) is 0.250. The molecule has 0 spiro atoms. The van der Waals surface area contributed by atoms with Crippen LogP contribution < -0.4 is 4.74 Å². The highest BCUT2D eigenvalue weighted by molar-refractivity contribution is 9.10. The van der Waals surface area contributed by atoms with Gasteiger partial charge in [-0.1, -0.05) is 18.2 Å². The van der Waals surface area contributed by atoms with E-state index in [1.165, 1.54) is 0 Å². The average molecular weight is 347 g/mol. The second-order valence-electron chi connectivity index (χ2n) is 4.98. The van der Waals surface area contributed by atoms with E-state index < -0.39 is 0 Å². The topological polar surface area (TPSA) is 42.4 Å². The molecule has 1 amide bonds. The normalized spacial score (nSPS) is 17.8. The number of carbonyl (C=O) groups is 1. The Labute approximate surface area is 131 Å². The summed E-state index contributed by atoms with van der Waals surface area (Å²) in [6.45, 7) is 1.32. The lowest BCUT2D eigenvalue weighted by atomic mass is 10.2. The minimum Gasteiger partial charge on any atom is -0.489 e. The largest absolute Gasteiger partial charge is 0.489 e. The zero-order valence-electron chi connectivity index (χ0n) is 11.4. The highest BCUT2D eigenvalue weighted by Gasteiger charge is 2.28. The number of pyridine rings is 1. The Bertz CT molecular complexity index is 633. The minimum absolute atomic E-state index is 0.00274. The monoisotopic (exact) mass is 346 g/mol. The Balaban J connectivity index is 1.63. The van der Waals surface area contributed by atoms with E-state index >= 15 is 0 Å². The van der Waals surface area contributed by atoms with Gasteiger partial charge in [-0.3, -0.25) is 9.78 Å². The first-order valence-corrected chi connectivity index (χ1v) is 7.63. The fourth-order valence-corrected chi connectivity index (χ4v) is 2.78. The summed E-state index contributed by atoms with van der Waals surface area (Å²) in [5.74, 6) is 0.851. The second-order valence-corrected chi connectivity index (χ2v) is 5.90. The number of likely N-dealkylation sites (tertiary alicyclic amines) is 1. The molecule has 1 aliphatic heterocycles. The maximum absolute atomic E-state index is 12.4. The Morgan fingerprint density at radius 3 is 2.86 bits per heavy atom. The van der Waals surface area contributed by atoms with Gasteiger partial charge in [0.2, 0.25) is 0 Å². The van der Waals surface area contributed by atoms with Crippen LogP contribution in [0.4, 0.5) is 0 Å². The minimum atomic E-state index is 0.00274. The molecular formula is C16H15BrN2O2. The van der Waals surface area contributed by atoms with Crippen molar-refractivity contribution in [1.29, 1.82) is 0 Å². The van der Waals surface area contributed by atoms with Gasteiger partial charge in [0.1, 0.15) is 11.9 Å². The zero-order valence-corrected chi connectivity index (χ0v) is 13.0. The Morgan fingerprint density at radius 2 is 2.10 bits per heavy atom. The number of nitrogens with zero attached hydrogens (tertiary/aromatic N) is 2. The molecule has 3 rings (SSSR count). The molecule has 108 valence electrons. The van der Waals surface area contributed by atoms with Crippen LogP contribution in [0.15, 0.2) is 53.3 Å². The molecule has 1 fully saturated rings. The quantitative estimate of drug-likeness (QED) is 0.857. The maximum atomic E-state index is 12.4. The van der Waals surface area contributed by atoms with Gasteiger partial charge in [-0.2, -0.15) is 0 Å². The summed E-state index contributed by atoms with van der Waals surface area (Å²) < 4.78 is 6.71. The van der Waals surface area contributed by atoms with Gasteiger partial charge in [-0.25, -0.2) is 0 Å². The molecule has 0 bridgehead atoms. The number of rotatable bonds is 3. The number of para-hydroxylation sites is 1. The van der Waals surface area contributed by atoms with E-state index in [9.17, 15) is 4.79 Å². The van der Waals surface area contributed by atoms with Crippen LogP contribution in [0.3, 0.4) is 0 Å². The first-order valence-electron chi connectivity index (χ1n) is 6.84. The predicted molar refractivity (Wildman–Crippen MR) is 83.3 cm³/mol. The van der Waals surface area contributed by atoms with Crippen molar-refractivity contribution in [3.8, 4) is 5.75 Å². The third-order valence-electron chi connectivity index (χ3n) is 3.43. The molecule has 0 N–H and O–H groups in total. The van der Waals surface area contributed by atoms with Crippen LogP contribution in [0, 0.1) is 0 Å². The Kier molecular flexibility index (Phi) is 4.20. The highest BCUT2D eigenvalue weighted by atomic mass is 79.9. The second kappa shape index (κ2) is 6.26. The SMILES string of the molecule is O=C(c1cncc(Br)c1)N1CC[C@H](Oc2ccccc2)C1. The van der Waals surface area contributed by atoms with Crippen molar-refractivity contribution in [2.24, 2.45) is 0 Å². The van der Waals surface area contributed by atoms with Gasteiger partial charge < -0.3 is 9.64 Å². The molecule has 21 heavy (non-hydrogen) atoms. The van der Waals surface area contributed by atoms with Crippen LogP contribution in [-0.2, 0) is 0 Å². The highest BCUT2D eigenvalue weighted by Crippen LogP contribution is 2.20. The molecule has 1 saturated heterocycles. The van der Waals surface area contributed by atoms with Gasteiger partial charge in [-0.05, 0) is 34.1 Å². The van der Waals surface area contributed by atoms with Gasteiger partial charge >= 0.3 is 0 Å². The van der Waals surface area contributed by atoms with E-state index in [-0.39, 0.29) is 12.0 Å². The van der Waals surface area contributed by atoms with Crippen LogP contribution in [0.2, 0.25) is 0 Å². The number of carbonyl (C=O) groups excluding carboxylic acids is 1. The molecule has 1 aromatic carbocycles. The lowest BCUT2D eigenvalue weighted by molar-refractivity contribution is 0.0772. The summed E-state index contributed by atoms with van der Waals surface area (Å²) in [4.78, 5) is 18.3. The summed E-state index contributed by atoms with van der Waals surface area (Å²) in [5.41, 5.74) is 0.602. The van der Waals surface area contributed by atoms with Crippen LogP contribution in [0.1, 0.15) is 16.8 Å². The van der Waals surface area contributed by atoms with Crippen LogP contribution in [0.5, 0.6) is 5.75 Å². The van der Waals surface area contributed by atoms with Crippen molar-refractivity contribution in [2.75, 3.05) is 13.1 Å². The summed E-state index contributed by atoms with van der Waals surface area (Å²) in [5, 5.41) is 0. The van der Waals surface area contributed by atoms with Crippen molar-refractivity contribution in [2.45, 2.75) is 12.5 Å².